The van der Waals surface area contributed by atoms with Gasteiger partial charge in [-0.2, -0.15) is 0 Å². The summed E-state index contributed by atoms with van der Waals surface area (Å²) in [5.41, 5.74) is 0. The lowest BCUT2D eigenvalue weighted by Crippen LogP contribution is -2.37. The Hall–Kier alpha value is -0.870. The van der Waals surface area contributed by atoms with Gasteiger partial charge in [-0.05, 0) is 32.7 Å². The van der Waals surface area contributed by atoms with Gasteiger partial charge in [0, 0.05) is 25.5 Å². The highest BCUT2D eigenvalue weighted by atomic mass is 16.5. The second-order valence-corrected chi connectivity index (χ2v) is 4.51. The van der Waals surface area contributed by atoms with Crippen molar-refractivity contribution in [2.24, 2.45) is 0 Å². The molecule has 0 amide bonds. The lowest BCUT2D eigenvalue weighted by molar-refractivity contribution is -0.0104. The molecule has 17 heavy (non-hydrogen) atoms. The fraction of sp³-hybridized carbons (Fsp3) is 0.769. The highest BCUT2D eigenvalue weighted by Crippen LogP contribution is 2.25. The minimum atomic E-state index is 0.232. The molecule has 1 N–H and O–H groups in total. The molecule has 1 saturated heterocycles. The summed E-state index contributed by atoms with van der Waals surface area (Å²) >= 11 is 0. The Bertz CT molecular complexity index is 331. The molecular formula is C13H23N3O. The van der Waals surface area contributed by atoms with E-state index in [9.17, 15) is 0 Å². The van der Waals surface area contributed by atoms with Gasteiger partial charge in [-0.25, -0.2) is 4.98 Å². The van der Waals surface area contributed by atoms with Crippen LogP contribution in [0.1, 0.15) is 45.0 Å². The molecule has 2 unspecified atom stereocenters. The van der Waals surface area contributed by atoms with Gasteiger partial charge >= 0.3 is 0 Å². The zero-order chi connectivity index (χ0) is 12.1. The van der Waals surface area contributed by atoms with Crippen molar-refractivity contribution in [3.05, 3.63) is 18.2 Å². The lowest BCUT2D eigenvalue weighted by Gasteiger charge is -2.30. The maximum Gasteiger partial charge on any atom is 0.128 e. The summed E-state index contributed by atoms with van der Waals surface area (Å²) in [6.07, 6.45) is 7.79. The van der Waals surface area contributed by atoms with E-state index in [1.54, 1.807) is 0 Å². The van der Waals surface area contributed by atoms with Crippen molar-refractivity contribution in [3.63, 3.8) is 0 Å². The molecule has 2 atom stereocenters. The van der Waals surface area contributed by atoms with Crippen molar-refractivity contribution in [2.45, 2.75) is 51.8 Å². The quantitative estimate of drug-likeness (QED) is 0.852. The number of aryl methyl sites for hydroxylation is 1. The van der Waals surface area contributed by atoms with Gasteiger partial charge in [-0.1, -0.05) is 6.92 Å². The molecule has 1 aliphatic rings. The molecular weight excluding hydrogens is 214 g/mol. The van der Waals surface area contributed by atoms with Crippen LogP contribution in [0.4, 0.5) is 0 Å². The Morgan fingerprint density at radius 1 is 1.53 bits per heavy atom. The van der Waals surface area contributed by atoms with Gasteiger partial charge in [0.1, 0.15) is 5.82 Å². The third-order valence-corrected chi connectivity index (χ3v) is 3.38. The first kappa shape index (κ1) is 12.6. The standard InChI is InChI=1S/C13H23N3O/c1-3-14-12(11-7-5-6-10-17-11)13-15-8-9-16(13)4-2/h8-9,11-12,14H,3-7,10H2,1-2H3. The average molecular weight is 237 g/mol. The molecule has 1 aromatic rings. The van der Waals surface area contributed by atoms with E-state index in [1.807, 2.05) is 12.4 Å². The van der Waals surface area contributed by atoms with Gasteiger partial charge in [0.15, 0.2) is 0 Å². The monoisotopic (exact) mass is 237 g/mol. The Labute approximate surface area is 103 Å². The predicted octanol–water partition coefficient (Wildman–Crippen LogP) is 2.12. The maximum atomic E-state index is 5.90. The van der Waals surface area contributed by atoms with E-state index in [-0.39, 0.29) is 12.1 Å². The van der Waals surface area contributed by atoms with Crippen molar-refractivity contribution in [2.75, 3.05) is 13.2 Å². The first-order valence-electron chi connectivity index (χ1n) is 6.72. The highest BCUT2D eigenvalue weighted by Gasteiger charge is 2.28. The summed E-state index contributed by atoms with van der Waals surface area (Å²) in [7, 11) is 0. The number of ether oxygens (including phenoxy) is 1. The Morgan fingerprint density at radius 3 is 3.06 bits per heavy atom. The molecule has 2 heterocycles. The zero-order valence-electron chi connectivity index (χ0n) is 10.9. The van der Waals surface area contributed by atoms with Crippen LogP contribution >= 0.6 is 0 Å². The lowest BCUT2D eigenvalue weighted by atomic mass is 10.0. The third kappa shape index (κ3) is 2.87. The molecule has 4 heteroatoms. The van der Waals surface area contributed by atoms with Crippen LogP contribution in [0.5, 0.6) is 0 Å². The van der Waals surface area contributed by atoms with Crippen LogP contribution in [-0.2, 0) is 11.3 Å². The van der Waals surface area contributed by atoms with Gasteiger partial charge in [-0.15, -0.1) is 0 Å². The Balaban J connectivity index is 2.15. The number of likely N-dealkylation sites (N-methyl/N-ethyl adjacent to an activating group) is 1. The second kappa shape index (κ2) is 6.17. The van der Waals surface area contributed by atoms with Gasteiger partial charge in [0.25, 0.3) is 0 Å². The highest BCUT2D eigenvalue weighted by molar-refractivity contribution is 5.03. The van der Waals surface area contributed by atoms with E-state index >= 15 is 0 Å². The van der Waals surface area contributed by atoms with Crippen LogP contribution in [0.3, 0.4) is 0 Å². The molecule has 0 saturated carbocycles. The Kier molecular flexibility index (Phi) is 4.57. The summed E-state index contributed by atoms with van der Waals surface area (Å²) in [5.74, 6) is 1.11. The van der Waals surface area contributed by atoms with Crippen molar-refractivity contribution in [1.82, 2.24) is 14.9 Å². The van der Waals surface area contributed by atoms with Crippen molar-refractivity contribution >= 4 is 0 Å². The van der Waals surface area contributed by atoms with Crippen LogP contribution in [0.15, 0.2) is 12.4 Å². The van der Waals surface area contributed by atoms with Crippen LogP contribution in [-0.4, -0.2) is 28.8 Å². The fourth-order valence-corrected chi connectivity index (χ4v) is 2.50. The third-order valence-electron chi connectivity index (χ3n) is 3.38. The minimum absolute atomic E-state index is 0.232. The minimum Gasteiger partial charge on any atom is -0.376 e. The maximum absolute atomic E-state index is 5.90. The van der Waals surface area contributed by atoms with Crippen molar-refractivity contribution in [3.8, 4) is 0 Å². The van der Waals surface area contributed by atoms with Gasteiger partial charge in [0.2, 0.25) is 0 Å². The normalized spacial score (nSPS) is 22.6. The van der Waals surface area contributed by atoms with Gasteiger partial charge in [-0.3, -0.25) is 0 Å². The number of aromatic nitrogens is 2. The number of rotatable bonds is 5. The molecule has 0 bridgehead atoms. The van der Waals surface area contributed by atoms with Crippen molar-refractivity contribution in [1.29, 1.82) is 0 Å². The van der Waals surface area contributed by atoms with E-state index in [0.717, 1.165) is 31.9 Å². The molecule has 0 radical (unpaired) electrons. The number of hydrogen-bond donors (Lipinski definition) is 1. The summed E-state index contributed by atoms with van der Waals surface area (Å²) in [5, 5.41) is 3.52. The van der Waals surface area contributed by atoms with E-state index in [0.29, 0.717) is 0 Å². The molecule has 0 aromatic carbocycles. The Morgan fingerprint density at radius 2 is 2.41 bits per heavy atom. The topological polar surface area (TPSA) is 39.1 Å². The molecule has 96 valence electrons. The fourth-order valence-electron chi connectivity index (χ4n) is 2.50. The smallest absolute Gasteiger partial charge is 0.128 e. The number of nitrogens with one attached hydrogen (secondary N) is 1. The summed E-state index contributed by atoms with van der Waals surface area (Å²) in [6.45, 7) is 7.08. The molecule has 4 nitrogen and oxygen atoms in total. The predicted molar refractivity (Wildman–Crippen MR) is 67.9 cm³/mol. The summed E-state index contributed by atoms with van der Waals surface area (Å²) in [4.78, 5) is 4.50. The van der Waals surface area contributed by atoms with E-state index < -0.39 is 0 Å². The van der Waals surface area contributed by atoms with E-state index in [4.69, 9.17) is 4.74 Å². The van der Waals surface area contributed by atoms with Crippen molar-refractivity contribution < 1.29 is 4.74 Å². The number of nitrogens with zero attached hydrogens (tertiary/aromatic N) is 2. The first-order valence-corrected chi connectivity index (χ1v) is 6.72. The van der Waals surface area contributed by atoms with Crippen LogP contribution in [0, 0.1) is 0 Å². The molecule has 0 spiro atoms. The molecule has 1 aliphatic heterocycles. The molecule has 1 aromatic heterocycles. The van der Waals surface area contributed by atoms with Gasteiger partial charge in [0.05, 0.1) is 12.1 Å². The average Bonchev–Trinajstić information content (AvgIpc) is 2.85. The van der Waals surface area contributed by atoms with Gasteiger partial charge < -0.3 is 14.6 Å². The van der Waals surface area contributed by atoms with Crippen LogP contribution in [0.2, 0.25) is 0 Å². The zero-order valence-corrected chi connectivity index (χ0v) is 10.9. The van der Waals surface area contributed by atoms with E-state index in [1.165, 1.54) is 12.8 Å². The largest absolute Gasteiger partial charge is 0.376 e. The molecule has 2 rings (SSSR count). The number of imidazole rings is 1. The summed E-state index contributed by atoms with van der Waals surface area (Å²) < 4.78 is 8.10. The van der Waals surface area contributed by atoms with Crippen LogP contribution < -0.4 is 5.32 Å². The van der Waals surface area contributed by atoms with E-state index in [2.05, 4.69) is 28.7 Å². The van der Waals surface area contributed by atoms with Crippen LogP contribution in [0.25, 0.3) is 0 Å². The number of hydrogen-bond acceptors (Lipinski definition) is 3. The SMILES string of the molecule is CCNC(c1nccn1CC)C1CCCCO1. The first-order chi connectivity index (χ1) is 8.36. The summed E-state index contributed by atoms with van der Waals surface area (Å²) in [6, 6.07) is 0.232. The molecule has 1 fully saturated rings. The molecule has 0 aliphatic carbocycles. The second-order valence-electron chi connectivity index (χ2n) is 4.51.